The van der Waals surface area contributed by atoms with Crippen LogP contribution in [0.4, 0.5) is 0 Å². The van der Waals surface area contributed by atoms with Gasteiger partial charge in [-0.1, -0.05) is 0 Å². The van der Waals surface area contributed by atoms with Crippen LogP contribution in [0.1, 0.15) is 16.1 Å². The minimum absolute atomic E-state index is 0.0737. The van der Waals surface area contributed by atoms with Gasteiger partial charge < -0.3 is 5.73 Å². The van der Waals surface area contributed by atoms with Gasteiger partial charge in [0.25, 0.3) is 16.0 Å². The lowest BCUT2D eigenvalue weighted by Gasteiger charge is -2.02. The summed E-state index contributed by atoms with van der Waals surface area (Å²) in [5, 5.41) is 0. The molecule has 0 aliphatic carbocycles. The Morgan fingerprint density at radius 3 is 2.80 bits per heavy atom. The van der Waals surface area contributed by atoms with Crippen LogP contribution in [-0.2, 0) is 20.9 Å². The minimum Gasteiger partial charge on any atom is -0.364 e. The van der Waals surface area contributed by atoms with Crippen molar-refractivity contribution in [1.82, 2.24) is 4.98 Å². The number of aromatic nitrogens is 1. The van der Waals surface area contributed by atoms with Crippen molar-refractivity contribution in [2.75, 3.05) is 6.26 Å². The van der Waals surface area contributed by atoms with Crippen molar-refractivity contribution in [2.24, 2.45) is 5.73 Å². The van der Waals surface area contributed by atoms with Gasteiger partial charge in [-0.2, -0.15) is 8.42 Å². The Morgan fingerprint density at radius 1 is 1.60 bits per heavy atom. The molecule has 1 rings (SSSR count). The van der Waals surface area contributed by atoms with E-state index in [-0.39, 0.29) is 12.3 Å². The molecule has 15 heavy (non-hydrogen) atoms. The van der Waals surface area contributed by atoms with E-state index in [9.17, 15) is 13.2 Å². The number of nitrogens with zero attached hydrogens (tertiary/aromatic N) is 1. The average Bonchev–Trinajstić information content (AvgIpc) is 2.14. The Bertz CT molecular complexity index is 469. The molecule has 0 saturated carbocycles. The molecular formula is C8H10N2O4S. The maximum atomic E-state index is 10.8. The number of primary amides is 1. The summed E-state index contributed by atoms with van der Waals surface area (Å²) < 4.78 is 25.9. The monoisotopic (exact) mass is 230 g/mol. The Morgan fingerprint density at radius 2 is 2.27 bits per heavy atom. The van der Waals surface area contributed by atoms with Gasteiger partial charge in [0.05, 0.1) is 12.9 Å². The molecule has 0 aliphatic heterocycles. The molecule has 82 valence electrons. The van der Waals surface area contributed by atoms with E-state index >= 15 is 0 Å². The zero-order valence-electron chi connectivity index (χ0n) is 8.00. The van der Waals surface area contributed by atoms with Gasteiger partial charge in [-0.15, -0.1) is 0 Å². The molecule has 0 saturated heterocycles. The first-order valence-corrected chi connectivity index (χ1v) is 5.79. The van der Waals surface area contributed by atoms with Crippen molar-refractivity contribution in [1.29, 1.82) is 0 Å². The first-order valence-electron chi connectivity index (χ1n) is 3.97. The predicted octanol–water partition coefficient (Wildman–Crippen LogP) is -0.343. The van der Waals surface area contributed by atoms with Crippen molar-refractivity contribution >= 4 is 16.0 Å². The molecule has 0 bridgehead atoms. The van der Waals surface area contributed by atoms with Gasteiger partial charge in [0, 0.05) is 6.20 Å². The minimum atomic E-state index is -3.49. The first kappa shape index (κ1) is 11.6. The standard InChI is InChI=1S/C8H10N2O4S/c1-15(12,13)14-5-6-2-3-10-7(4-6)8(9)11/h2-4H,5H2,1H3,(H2,9,11). The highest BCUT2D eigenvalue weighted by atomic mass is 32.2. The Kier molecular flexibility index (Phi) is 3.38. The highest BCUT2D eigenvalue weighted by Crippen LogP contribution is 2.04. The first-order chi connectivity index (χ1) is 6.88. The molecule has 0 spiro atoms. The lowest BCUT2D eigenvalue weighted by molar-refractivity contribution is 0.0995. The number of carbonyl (C=O) groups is 1. The van der Waals surface area contributed by atoms with E-state index in [0.29, 0.717) is 5.56 Å². The second-order valence-electron chi connectivity index (χ2n) is 2.88. The van der Waals surface area contributed by atoms with Crippen LogP contribution in [0.15, 0.2) is 18.3 Å². The number of carbonyl (C=O) groups excluding carboxylic acids is 1. The molecule has 1 aromatic heterocycles. The van der Waals surface area contributed by atoms with Crippen LogP contribution >= 0.6 is 0 Å². The lowest BCUT2D eigenvalue weighted by atomic mass is 10.2. The number of rotatable bonds is 4. The Balaban J connectivity index is 2.79. The van der Waals surface area contributed by atoms with E-state index in [4.69, 9.17) is 5.73 Å². The van der Waals surface area contributed by atoms with Crippen LogP contribution in [0.2, 0.25) is 0 Å². The molecule has 1 amide bonds. The number of nitrogens with two attached hydrogens (primary N) is 1. The summed E-state index contributed by atoms with van der Waals surface area (Å²) in [5.74, 6) is -0.670. The Labute approximate surface area is 87.2 Å². The third-order valence-electron chi connectivity index (χ3n) is 1.52. The van der Waals surface area contributed by atoms with Gasteiger partial charge in [-0.05, 0) is 17.7 Å². The molecule has 1 heterocycles. The van der Waals surface area contributed by atoms with Crippen LogP contribution in [-0.4, -0.2) is 25.6 Å². The largest absolute Gasteiger partial charge is 0.364 e. The van der Waals surface area contributed by atoms with Crippen molar-refractivity contribution in [3.05, 3.63) is 29.6 Å². The number of hydrogen-bond acceptors (Lipinski definition) is 5. The van der Waals surface area contributed by atoms with Crippen molar-refractivity contribution in [2.45, 2.75) is 6.61 Å². The average molecular weight is 230 g/mol. The fourth-order valence-electron chi connectivity index (χ4n) is 0.874. The van der Waals surface area contributed by atoms with Gasteiger partial charge in [-0.25, -0.2) is 0 Å². The zero-order chi connectivity index (χ0) is 11.5. The molecule has 7 heteroatoms. The van der Waals surface area contributed by atoms with Crippen molar-refractivity contribution in [3.63, 3.8) is 0 Å². The van der Waals surface area contributed by atoms with Crippen LogP contribution in [0.3, 0.4) is 0 Å². The Hall–Kier alpha value is -1.47. The maximum absolute atomic E-state index is 10.8. The van der Waals surface area contributed by atoms with Crippen LogP contribution < -0.4 is 5.73 Å². The summed E-state index contributed by atoms with van der Waals surface area (Å²) in [6, 6.07) is 2.92. The van der Waals surface area contributed by atoms with E-state index in [1.165, 1.54) is 18.3 Å². The quantitative estimate of drug-likeness (QED) is 0.713. The van der Waals surface area contributed by atoms with Crippen LogP contribution in [0, 0.1) is 0 Å². The van der Waals surface area contributed by atoms with Crippen LogP contribution in [0.25, 0.3) is 0 Å². The van der Waals surface area contributed by atoms with Crippen LogP contribution in [0.5, 0.6) is 0 Å². The number of pyridine rings is 1. The summed E-state index contributed by atoms with van der Waals surface area (Å²) in [6.07, 6.45) is 2.31. The lowest BCUT2D eigenvalue weighted by Crippen LogP contribution is -2.13. The summed E-state index contributed by atoms with van der Waals surface area (Å²) in [4.78, 5) is 14.5. The molecule has 0 aromatic carbocycles. The molecule has 0 fully saturated rings. The summed E-state index contributed by atoms with van der Waals surface area (Å²) >= 11 is 0. The maximum Gasteiger partial charge on any atom is 0.267 e. The molecule has 1 aromatic rings. The van der Waals surface area contributed by atoms with Gasteiger partial charge in [0.15, 0.2) is 0 Å². The topological polar surface area (TPSA) is 99.3 Å². The fraction of sp³-hybridized carbons (Fsp3) is 0.250. The van der Waals surface area contributed by atoms with Gasteiger partial charge in [0.2, 0.25) is 0 Å². The SMILES string of the molecule is CS(=O)(=O)OCc1ccnc(C(N)=O)c1. The van der Waals surface area contributed by atoms with E-state index in [2.05, 4.69) is 9.17 Å². The molecular weight excluding hydrogens is 220 g/mol. The highest BCUT2D eigenvalue weighted by Gasteiger charge is 2.06. The molecule has 6 nitrogen and oxygen atoms in total. The molecule has 0 atom stereocenters. The predicted molar refractivity (Wildman–Crippen MR) is 52.4 cm³/mol. The van der Waals surface area contributed by atoms with E-state index in [0.717, 1.165) is 6.26 Å². The zero-order valence-corrected chi connectivity index (χ0v) is 8.82. The van der Waals surface area contributed by atoms with Gasteiger partial charge >= 0.3 is 0 Å². The second-order valence-corrected chi connectivity index (χ2v) is 4.52. The summed E-state index contributed by atoms with van der Waals surface area (Å²) in [5.41, 5.74) is 5.60. The highest BCUT2D eigenvalue weighted by molar-refractivity contribution is 7.85. The third-order valence-corrected chi connectivity index (χ3v) is 2.06. The number of hydrogen-bond donors (Lipinski definition) is 1. The second kappa shape index (κ2) is 4.37. The van der Waals surface area contributed by atoms with E-state index in [1.54, 1.807) is 0 Å². The summed E-state index contributed by atoms with van der Waals surface area (Å²) in [6.45, 7) is -0.137. The number of amides is 1. The molecule has 0 unspecified atom stereocenters. The fourth-order valence-corrected chi connectivity index (χ4v) is 1.22. The van der Waals surface area contributed by atoms with E-state index < -0.39 is 16.0 Å². The molecule has 0 radical (unpaired) electrons. The van der Waals surface area contributed by atoms with Crippen molar-refractivity contribution in [3.8, 4) is 0 Å². The molecule has 0 aliphatic rings. The normalized spacial score (nSPS) is 11.3. The van der Waals surface area contributed by atoms with E-state index in [1.807, 2.05) is 0 Å². The van der Waals surface area contributed by atoms with Crippen molar-refractivity contribution < 1.29 is 17.4 Å². The smallest absolute Gasteiger partial charge is 0.267 e. The molecule has 2 N–H and O–H groups in total. The van der Waals surface area contributed by atoms with Gasteiger partial charge in [-0.3, -0.25) is 14.0 Å². The third kappa shape index (κ3) is 4.05. The summed E-state index contributed by atoms with van der Waals surface area (Å²) in [7, 11) is -3.49. The van der Waals surface area contributed by atoms with Gasteiger partial charge in [0.1, 0.15) is 5.69 Å².